The molecule has 71 heavy (non-hydrogen) atoms. The number of allylic oxidation sites excluding steroid dienone is 7. The van der Waals surface area contributed by atoms with E-state index < -0.39 is 49.5 Å². The van der Waals surface area contributed by atoms with Crippen LogP contribution in [0.3, 0.4) is 0 Å². The number of carbonyl (C=O) groups excluding carboxylic acids is 1. The van der Waals surface area contributed by atoms with Gasteiger partial charge in [-0.05, 0) is 64.2 Å². The largest absolute Gasteiger partial charge is 0.394 e. The fourth-order valence-electron chi connectivity index (χ4n) is 9.56. The maximum Gasteiger partial charge on any atom is 0.220 e. The highest BCUT2D eigenvalue weighted by atomic mass is 16.7. The molecule has 0 aliphatic carbocycles. The van der Waals surface area contributed by atoms with Gasteiger partial charge in [0.2, 0.25) is 5.91 Å². The van der Waals surface area contributed by atoms with Gasteiger partial charge in [0.15, 0.2) is 6.29 Å². The fourth-order valence-corrected chi connectivity index (χ4v) is 9.56. The molecule has 1 aliphatic heterocycles. The average Bonchev–Trinajstić information content (AvgIpc) is 3.37. The van der Waals surface area contributed by atoms with Crippen molar-refractivity contribution in [1.82, 2.24) is 5.32 Å². The summed E-state index contributed by atoms with van der Waals surface area (Å²) in [6.45, 7) is 3.78. The van der Waals surface area contributed by atoms with Gasteiger partial charge in [-0.15, -0.1) is 0 Å². The number of ether oxygens (including phenoxy) is 2. The summed E-state index contributed by atoms with van der Waals surface area (Å²) in [6.07, 6.45) is 61.8. The number of aliphatic hydroxyl groups is 5. The molecule has 0 aromatic heterocycles. The van der Waals surface area contributed by atoms with E-state index in [1.165, 1.54) is 218 Å². The predicted octanol–water partition coefficient (Wildman–Crippen LogP) is 15.3. The molecule has 9 heteroatoms. The lowest BCUT2D eigenvalue weighted by molar-refractivity contribution is -0.302. The molecular weight excluding hydrogens is 887 g/mol. The smallest absolute Gasteiger partial charge is 0.220 e. The molecule has 0 aromatic rings. The van der Waals surface area contributed by atoms with Crippen molar-refractivity contribution < 1.29 is 39.8 Å². The number of hydrogen-bond acceptors (Lipinski definition) is 8. The maximum absolute atomic E-state index is 13.1. The molecule has 0 radical (unpaired) electrons. The van der Waals surface area contributed by atoms with Crippen LogP contribution in [0.5, 0.6) is 0 Å². The Kier molecular flexibility index (Phi) is 48.8. The summed E-state index contributed by atoms with van der Waals surface area (Å²) in [4.78, 5) is 13.1. The molecule has 1 amide bonds. The minimum Gasteiger partial charge on any atom is -0.394 e. The third-order valence-corrected chi connectivity index (χ3v) is 14.4. The molecule has 1 rings (SSSR count). The highest BCUT2D eigenvalue weighted by Gasteiger charge is 2.44. The third kappa shape index (κ3) is 41.1. The summed E-state index contributed by atoms with van der Waals surface area (Å²) in [6, 6.07) is -0.825. The lowest BCUT2D eigenvalue weighted by Crippen LogP contribution is -2.60. The number of aliphatic hydroxyl groups excluding tert-OH is 5. The van der Waals surface area contributed by atoms with Gasteiger partial charge in [0.25, 0.3) is 0 Å². The average molecular weight is 1000 g/mol. The zero-order chi connectivity index (χ0) is 51.5. The first-order valence-corrected chi connectivity index (χ1v) is 30.4. The third-order valence-electron chi connectivity index (χ3n) is 14.4. The monoisotopic (exact) mass is 1000 g/mol. The van der Waals surface area contributed by atoms with Crippen molar-refractivity contribution in [2.75, 3.05) is 13.2 Å². The molecule has 0 aromatic carbocycles. The van der Waals surface area contributed by atoms with Gasteiger partial charge in [-0.25, -0.2) is 0 Å². The number of nitrogens with one attached hydrogen (secondary N) is 1. The van der Waals surface area contributed by atoms with Crippen molar-refractivity contribution in [3.05, 3.63) is 48.6 Å². The summed E-state index contributed by atoms with van der Waals surface area (Å²) in [5.74, 6) is -0.187. The highest BCUT2D eigenvalue weighted by molar-refractivity contribution is 5.76. The van der Waals surface area contributed by atoms with E-state index in [9.17, 15) is 30.3 Å². The summed E-state index contributed by atoms with van der Waals surface area (Å²) < 4.78 is 11.3. The molecular formula is C62H115NO8. The van der Waals surface area contributed by atoms with Gasteiger partial charge in [-0.1, -0.05) is 262 Å². The standard InChI is InChI=1S/C62H115NO8/c1-3-5-7-9-11-13-15-17-19-21-23-25-27-28-30-31-33-35-37-39-41-43-45-47-49-51-56(65)55(54-70-62-61(69)60(68)59(67)57(53-64)71-62)63-58(66)52-50-48-46-44-42-40-38-36-34-32-29-26-24-22-20-18-16-14-12-10-8-6-4-2/h16,18,22,24,41,43,49,51,55-57,59-62,64-65,67-69H,3-15,17,19-21,23,25-40,42,44-48,50,52-54H2,1-2H3,(H,63,66)/b18-16-,24-22-,43-41+,51-49+. The van der Waals surface area contributed by atoms with E-state index in [4.69, 9.17) is 9.47 Å². The minimum absolute atomic E-state index is 0.187. The lowest BCUT2D eigenvalue weighted by Gasteiger charge is -2.40. The Labute approximate surface area is 437 Å². The summed E-state index contributed by atoms with van der Waals surface area (Å²) in [7, 11) is 0. The summed E-state index contributed by atoms with van der Waals surface area (Å²) >= 11 is 0. The molecule has 416 valence electrons. The Morgan fingerprint density at radius 3 is 1.27 bits per heavy atom. The van der Waals surface area contributed by atoms with Crippen molar-refractivity contribution in [3.63, 3.8) is 0 Å². The fraction of sp³-hybridized carbons (Fsp3) is 0.855. The van der Waals surface area contributed by atoms with Gasteiger partial charge < -0.3 is 40.3 Å². The topological polar surface area (TPSA) is 149 Å². The molecule has 1 saturated heterocycles. The predicted molar refractivity (Wildman–Crippen MR) is 299 cm³/mol. The molecule has 9 nitrogen and oxygen atoms in total. The van der Waals surface area contributed by atoms with Crippen LogP contribution in [-0.2, 0) is 14.3 Å². The van der Waals surface area contributed by atoms with Gasteiger partial charge in [0, 0.05) is 6.42 Å². The molecule has 7 atom stereocenters. The van der Waals surface area contributed by atoms with Crippen molar-refractivity contribution in [2.45, 2.75) is 326 Å². The van der Waals surface area contributed by atoms with E-state index in [0.29, 0.717) is 6.42 Å². The van der Waals surface area contributed by atoms with Crippen LogP contribution in [0, 0.1) is 0 Å². The van der Waals surface area contributed by atoms with Crippen LogP contribution in [0.4, 0.5) is 0 Å². The van der Waals surface area contributed by atoms with Gasteiger partial charge in [0.1, 0.15) is 24.4 Å². The zero-order valence-electron chi connectivity index (χ0n) is 46.2. The number of carbonyl (C=O) groups is 1. The number of amides is 1. The first-order valence-electron chi connectivity index (χ1n) is 30.4. The molecule has 1 heterocycles. The van der Waals surface area contributed by atoms with Crippen LogP contribution in [0.2, 0.25) is 0 Å². The van der Waals surface area contributed by atoms with E-state index in [2.05, 4.69) is 55.6 Å². The van der Waals surface area contributed by atoms with Crippen molar-refractivity contribution in [3.8, 4) is 0 Å². The van der Waals surface area contributed by atoms with Crippen molar-refractivity contribution in [2.24, 2.45) is 0 Å². The van der Waals surface area contributed by atoms with E-state index in [0.717, 1.165) is 44.9 Å². The normalized spacial score (nSPS) is 19.6. The Morgan fingerprint density at radius 1 is 0.479 bits per heavy atom. The highest BCUT2D eigenvalue weighted by Crippen LogP contribution is 2.23. The Balaban J connectivity index is 2.23. The Morgan fingerprint density at radius 2 is 0.845 bits per heavy atom. The quantitative estimate of drug-likeness (QED) is 0.0261. The van der Waals surface area contributed by atoms with Crippen LogP contribution >= 0.6 is 0 Å². The molecule has 7 unspecified atom stereocenters. The molecule has 0 spiro atoms. The van der Waals surface area contributed by atoms with Crippen LogP contribution in [-0.4, -0.2) is 87.5 Å². The van der Waals surface area contributed by atoms with E-state index >= 15 is 0 Å². The molecule has 1 aliphatic rings. The van der Waals surface area contributed by atoms with Crippen LogP contribution in [0.15, 0.2) is 48.6 Å². The van der Waals surface area contributed by atoms with E-state index in [1.54, 1.807) is 6.08 Å². The van der Waals surface area contributed by atoms with Gasteiger partial charge in [-0.2, -0.15) is 0 Å². The SMILES string of the molecule is CCCCCCC/C=C\C/C=C\CCCCCCCCCCCCCC(=O)NC(COC1OC(CO)C(O)C(O)C1O)C(O)/C=C/CC/C=C/CCCCCCCCCCCCCCCCCCCCC. The molecule has 0 saturated carbocycles. The van der Waals surface area contributed by atoms with E-state index in [-0.39, 0.29) is 12.5 Å². The number of rotatable bonds is 52. The van der Waals surface area contributed by atoms with Crippen molar-refractivity contribution in [1.29, 1.82) is 0 Å². The number of unbranched alkanes of at least 4 members (excludes halogenated alkanes) is 36. The number of hydrogen-bond donors (Lipinski definition) is 6. The summed E-state index contributed by atoms with van der Waals surface area (Å²) in [5, 5.41) is 54.6. The van der Waals surface area contributed by atoms with E-state index in [1.807, 2.05) is 6.08 Å². The maximum atomic E-state index is 13.1. The summed E-state index contributed by atoms with van der Waals surface area (Å²) in [5.41, 5.74) is 0. The molecule has 0 bridgehead atoms. The molecule has 6 N–H and O–H groups in total. The van der Waals surface area contributed by atoms with Crippen LogP contribution in [0.25, 0.3) is 0 Å². The Hall–Kier alpha value is -1.85. The Bertz CT molecular complexity index is 1250. The lowest BCUT2D eigenvalue weighted by atomic mass is 9.99. The van der Waals surface area contributed by atoms with Gasteiger partial charge >= 0.3 is 0 Å². The van der Waals surface area contributed by atoms with Gasteiger partial charge in [0.05, 0.1) is 25.4 Å². The minimum atomic E-state index is -1.57. The van der Waals surface area contributed by atoms with Gasteiger partial charge in [-0.3, -0.25) is 4.79 Å². The second-order valence-electron chi connectivity index (χ2n) is 21.1. The van der Waals surface area contributed by atoms with Crippen LogP contribution in [0.1, 0.15) is 284 Å². The first kappa shape index (κ1) is 67.2. The second-order valence-corrected chi connectivity index (χ2v) is 21.1. The molecule has 1 fully saturated rings. The first-order chi connectivity index (χ1) is 34.8. The van der Waals surface area contributed by atoms with Crippen LogP contribution < -0.4 is 5.32 Å². The zero-order valence-corrected chi connectivity index (χ0v) is 46.2. The van der Waals surface area contributed by atoms with Crippen molar-refractivity contribution >= 4 is 5.91 Å². The second kappa shape index (κ2) is 51.6.